The van der Waals surface area contributed by atoms with Crippen LogP contribution in [-0.4, -0.2) is 27.1 Å². The number of hydrogen-bond acceptors (Lipinski definition) is 3. The average Bonchev–Trinajstić information content (AvgIpc) is 2.99. The third-order valence-electron chi connectivity index (χ3n) is 3.71. The quantitative estimate of drug-likeness (QED) is 0.840. The van der Waals surface area contributed by atoms with Crippen molar-refractivity contribution in [2.45, 2.75) is 26.3 Å². The summed E-state index contributed by atoms with van der Waals surface area (Å²) in [6.45, 7) is 3.54. The molecule has 19 heavy (non-hydrogen) atoms. The maximum Gasteiger partial charge on any atom is 0.228 e. The van der Waals surface area contributed by atoms with Crippen molar-refractivity contribution < 1.29 is 4.79 Å². The first-order valence-corrected chi connectivity index (χ1v) is 7.34. The molecule has 5 heteroatoms. The van der Waals surface area contributed by atoms with E-state index in [9.17, 15) is 4.79 Å². The van der Waals surface area contributed by atoms with Crippen LogP contribution < -0.4 is 0 Å². The molecule has 3 heterocycles. The standard InChI is InChI=1S/C14H17N3OS/c1-10-12-5-6-17(9-13(12)16(2)15-10)14(18)8-11-4-3-7-19-11/h3-4,7H,5-6,8-9H2,1-2H3. The van der Waals surface area contributed by atoms with Gasteiger partial charge >= 0.3 is 0 Å². The van der Waals surface area contributed by atoms with Crippen LogP contribution >= 0.6 is 11.3 Å². The van der Waals surface area contributed by atoms with Crippen LogP contribution in [0.1, 0.15) is 21.8 Å². The lowest BCUT2D eigenvalue weighted by atomic mass is 10.0. The molecule has 0 saturated heterocycles. The van der Waals surface area contributed by atoms with Crippen LogP contribution in [0.15, 0.2) is 17.5 Å². The molecule has 0 aliphatic carbocycles. The Hall–Kier alpha value is -1.62. The van der Waals surface area contributed by atoms with Crippen LogP contribution in [0, 0.1) is 6.92 Å². The molecular formula is C14H17N3OS. The van der Waals surface area contributed by atoms with Crippen LogP contribution in [0.4, 0.5) is 0 Å². The summed E-state index contributed by atoms with van der Waals surface area (Å²) < 4.78 is 1.91. The molecule has 0 unspecified atom stereocenters. The molecule has 1 amide bonds. The topological polar surface area (TPSA) is 38.1 Å². The molecule has 0 spiro atoms. The number of aryl methyl sites for hydroxylation is 2. The fraction of sp³-hybridized carbons (Fsp3) is 0.429. The maximum atomic E-state index is 12.3. The van der Waals surface area contributed by atoms with E-state index < -0.39 is 0 Å². The molecular weight excluding hydrogens is 258 g/mol. The molecule has 0 bridgehead atoms. The van der Waals surface area contributed by atoms with Crippen LogP contribution in [0.2, 0.25) is 0 Å². The van der Waals surface area contributed by atoms with Crippen molar-refractivity contribution in [3.05, 3.63) is 39.3 Å². The van der Waals surface area contributed by atoms with Crippen LogP contribution in [0.25, 0.3) is 0 Å². The van der Waals surface area contributed by atoms with Crippen molar-refractivity contribution in [1.29, 1.82) is 0 Å². The number of rotatable bonds is 2. The Morgan fingerprint density at radius 2 is 2.37 bits per heavy atom. The zero-order valence-corrected chi connectivity index (χ0v) is 12.0. The van der Waals surface area contributed by atoms with Crippen LogP contribution in [0.3, 0.4) is 0 Å². The van der Waals surface area contributed by atoms with Gasteiger partial charge in [-0.05, 0) is 30.4 Å². The lowest BCUT2D eigenvalue weighted by Crippen LogP contribution is -2.37. The normalized spacial score (nSPS) is 14.5. The highest BCUT2D eigenvalue weighted by molar-refractivity contribution is 7.10. The van der Waals surface area contributed by atoms with Gasteiger partial charge in [-0.1, -0.05) is 6.07 Å². The molecule has 3 rings (SSSR count). The number of carbonyl (C=O) groups excluding carboxylic acids is 1. The fourth-order valence-corrected chi connectivity index (χ4v) is 3.36. The number of thiophene rings is 1. The van der Waals surface area contributed by atoms with E-state index in [4.69, 9.17) is 0 Å². The number of hydrogen-bond donors (Lipinski definition) is 0. The summed E-state index contributed by atoms with van der Waals surface area (Å²) in [4.78, 5) is 15.4. The van der Waals surface area contributed by atoms with Gasteiger partial charge in [0.2, 0.25) is 5.91 Å². The first-order valence-electron chi connectivity index (χ1n) is 6.46. The van der Waals surface area contributed by atoms with E-state index in [0.29, 0.717) is 13.0 Å². The Balaban J connectivity index is 1.75. The van der Waals surface area contributed by atoms with E-state index in [-0.39, 0.29) is 5.91 Å². The smallest absolute Gasteiger partial charge is 0.228 e. The van der Waals surface area contributed by atoms with Crippen molar-refractivity contribution in [2.24, 2.45) is 7.05 Å². The minimum absolute atomic E-state index is 0.215. The first-order chi connectivity index (χ1) is 9.15. The molecule has 4 nitrogen and oxygen atoms in total. The molecule has 0 saturated carbocycles. The molecule has 2 aromatic rings. The van der Waals surface area contributed by atoms with E-state index in [0.717, 1.165) is 23.5 Å². The van der Waals surface area contributed by atoms with Gasteiger partial charge in [0.1, 0.15) is 0 Å². The summed E-state index contributed by atoms with van der Waals surface area (Å²) in [7, 11) is 1.96. The second-order valence-electron chi connectivity index (χ2n) is 4.96. The van der Waals surface area contributed by atoms with Crippen molar-refractivity contribution >= 4 is 17.2 Å². The lowest BCUT2D eigenvalue weighted by Gasteiger charge is -2.27. The SMILES string of the molecule is Cc1nn(C)c2c1CCN(C(=O)Cc1cccs1)C2. The number of carbonyl (C=O) groups is 1. The highest BCUT2D eigenvalue weighted by atomic mass is 32.1. The van der Waals surface area contributed by atoms with Crippen molar-refractivity contribution in [2.75, 3.05) is 6.54 Å². The second kappa shape index (κ2) is 4.81. The highest BCUT2D eigenvalue weighted by Gasteiger charge is 2.25. The second-order valence-corrected chi connectivity index (χ2v) is 5.99. The Morgan fingerprint density at radius 1 is 1.53 bits per heavy atom. The summed E-state index contributed by atoms with van der Waals surface area (Å²) in [5.74, 6) is 0.215. The van der Waals surface area contributed by atoms with E-state index in [1.54, 1.807) is 11.3 Å². The van der Waals surface area contributed by atoms with Gasteiger partial charge in [-0.3, -0.25) is 9.48 Å². The van der Waals surface area contributed by atoms with Gasteiger partial charge in [0.25, 0.3) is 0 Å². The predicted molar refractivity (Wildman–Crippen MR) is 75.1 cm³/mol. The van der Waals surface area contributed by atoms with E-state index in [1.807, 2.05) is 41.1 Å². The Kier molecular flexibility index (Phi) is 3.14. The van der Waals surface area contributed by atoms with E-state index in [1.165, 1.54) is 11.3 Å². The maximum absolute atomic E-state index is 12.3. The minimum Gasteiger partial charge on any atom is -0.336 e. The number of fused-ring (bicyclic) bond motifs is 1. The van der Waals surface area contributed by atoms with Crippen LogP contribution in [-0.2, 0) is 31.2 Å². The van der Waals surface area contributed by atoms with Gasteiger partial charge in [-0.15, -0.1) is 11.3 Å². The predicted octanol–water partition coefficient (Wildman–Crippen LogP) is 1.92. The summed E-state index contributed by atoms with van der Waals surface area (Å²) >= 11 is 1.64. The fourth-order valence-electron chi connectivity index (χ4n) is 2.67. The van der Waals surface area contributed by atoms with Gasteiger partial charge in [0.15, 0.2) is 0 Å². The monoisotopic (exact) mass is 275 g/mol. The molecule has 2 aromatic heterocycles. The third kappa shape index (κ3) is 2.30. The van der Waals surface area contributed by atoms with Gasteiger partial charge in [0.05, 0.1) is 24.4 Å². The zero-order chi connectivity index (χ0) is 13.4. The number of amides is 1. The Bertz CT molecular complexity index is 600. The molecule has 0 atom stereocenters. The third-order valence-corrected chi connectivity index (χ3v) is 4.58. The van der Waals surface area contributed by atoms with Gasteiger partial charge in [-0.25, -0.2) is 0 Å². The van der Waals surface area contributed by atoms with Gasteiger partial charge < -0.3 is 4.90 Å². The molecule has 0 aromatic carbocycles. The number of aromatic nitrogens is 2. The van der Waals surface area contributed by atoms with E-state index in [2.05, 4.69) is 5.10 Å². The summed E-state index contributed by atoms with van der Waals surface area (Å²) in [6.07, 6.45) is 1.44. The molecule has 100 valence electrons. The number of nitrogens with zero attached hydrogens (tertiary/aromatic N) is 3. The summed E-state index contributed by atoms with van der Waals surface area (Å²) in [6, 6.07) is 4.01. The molecule has 0 N–H and O–H groups in total. The molecule has 0 fully saturated rings. The zero-order valence-electron chi connectivity index (χ0n) is 11.2. The Labute approximate surface area is 116 Å². The largest absolute Gasteiger partial charge is 0.336 e. The molecule has 1 aliphatic heterocycles. The Morgan fingerprint density at radius 3 is 3.11 bits per heavy atom. The summed E-state index contributed by atoms with van der Waals surface area (Å²) in [5, 5.41) is 6.46. The van der Waals surface area contributed by atoms with Crippen LogP contribution in [0.5, 0.6) is 0 Å². The van der Waals surface area contributed by atoms with Crippen molar-refractivity contribution in [3.63, 3.8) is 0 Å². The lowest BCUT2D eigenvalue weighted by molar-refractivity contribution is -0.131. The van der Waals surface area contributed by atoms with Gasteiger partial charge in [0, 0.05) is 18.5 Å². The minimum atomic E-state index is 0.215. The first kappa shape index (κ1) is 12.4. The highest BCUT2D eigenvalue weighted by Crippen LogP contribution is 2.22. The van der Waals surface area contributed by atoms with Crippen molar-refractivity contribution in [1.82, 2.24) is 14.7 Å². The van der Waals surface area contributed by atoms with Crippen molar-refractivity contribution in [3.8, 4) is 0 Å². The average molecular weight is 275 g/mol. The molecule has 0 radical (unpaired) electrons. The van der Waals surface area contributed by atoms with E-state index >= 15 is 0 Å². The van der Waals surface area contributed by atoms with Gasteiger partial charge in [-0.2, -0.15) is 5.10 Å². The molecule has 1 aliphatic rings. The summed E-state index contributed by atoms with van der Waals surface area (Å²) in [5.41, 5.74) is 3.61.